The topological polar surface area (TPSA) is 55.1 Å². The molecule has 1 amide bonds. The van der Waals surface area contributed by atoms with Crippen molar-refractivity contribution in [3.05, 3.63) is 29.3 Å². The van der Waals surface area contributed by atoms with E-state index < -0.39 is 17.5 Å². The van der Waals surface area contributed by atoms with Crippen LogP contribution in [0.15, 0.2) is 12.1 Å². The Morgan fingerprint density at radius 2 is 2.00 bits per heavy atom. The van der Waals surface area contributed by atoms with Crippen LogP contribution in [-0.2, 0) is 0 Å². The Bertz CT molecular complexity index is 529. The maximum atomic E-state index is 13.2. The Labute approximate surface area is 117 Å². The van der Waals surface area contributed by atoms with Crippen molar-refractivity contribution >= 4 is 11.6 Å². The van der Waals surface area contributed by atoms with Crippen molar-refractivity contribution in [2.45, 2.75) is 45.6 Å². The Kier molecular flexibility index (Phi) is 3.97. The number of benzene rings is 1. The molecule has 3 nitrogen and oxygen atoms in total. The van der Waals surface area contributed by atoms with Gasteiger partial charge in [0.2, 0.25) is 0 Å². The Morgan fingerprint density at radius 1 is 1.35 bits per heavy atom. The predicted octanol–water partition coefficient (Wildman–Crippen LogP) is 3.25. The van der Waals surface area contributed by atoms with E-state index in [2.05, 4.69) is 19.2 Å². The number of anilines is 1. The molecule has 5 heteroatoms. The quantitative estimate of drug-likeness (QED) is 0.818. The molecule has 0 saturated heterocycles. The SMILES string of the molecule is CC1(C)CCCC(NC(=O)c2cc(F)c(F)cc2N)C1. The van der Waals surface area contributed by atoms with Gasteiger partial charge in [-0.3, -0.25) is 4.79 Å². The zero-order valence-electron chi connectivity index (χ0n) is 11.8. The summed E-state index contributed by atoms with van der Waals surface area (Å²) in [7, 11) is 0. The summed E-state index contributed by atoms with van der Waals surface area (Å²) in [5, 5.41) is 2.87. The molecule has 1 saturated carbocycles. The summed E-state index contributed by atoms with van der Waals surface area (Å²) in [6.45, 7) is 4.33. The van der Waals surface area contributed by atoms with E-state index in [1.807, 2.05) is 0 Å². The van der Waals surface area contributed by atoms with Gasteiger partial charge >= 0.3 is 0 Å². The molecule has 0 aliphatic heterocycles. The molecule has 110 valence electrons. The zero-order chi connectivity index (χ0) is 14.9. The number of hydrogen-bond donors (Lipinski definition) is 2. The van der Waals surface area contributed by atoms with Crippen molar-refractivity contribution in [2.24, 2.45) is 5.41 Å². The van der Waals surface area contributed by atoms with E-state index in [-0.39, 0.29) is 22.7 Å². The second-order valence-corrected chi connectivity index (χ2v) is 6.28. The summed E-state index contributed by atoms with van der Waals surface area (Å²) in [6, 6.07) is 1.75. The predicted molar refractivity (Wildman–Crippen MR) is 74.3 cm³/mol. The highest BCUT2D eigenvalue weighted by Crippen LogP contribution is 2.35. The molecule has 1 aromatic carbocycles. The largest absolute Gasteiger partial charge is 0.398 e. The Balaban J connectivity index is 2.11. The minimum Gasteiger partial charge on any atom is -0.398 e. The molecule has 1 unspecified atom stereocenters. The molecule has 0 heterocycles. The fourth-order valence-electron chi connectivity index (χ4n) is 2.84. The molecule has 1 aliphatic carbocycles. The minimum absolute atomic E-state index is 0.00715. The van der Waals surface area contributed by atoms with Gasteiger partial charge in [-0.05, 0) is 30.7 Å². The van der Waals surface area contributed by atoms with E-state index in [1.54, 1.807) is 0 Å². The van der Waals surface area contributed by atoms with Gasteiger partial charge in [0.25, 0.3) is 5.91 Å². The van der Waals surface area contributed by atoms with Crippen molar-refractivity contribution in [3.63, 3.8) is 0 Å². The van der Waals surface area contributed by atoms with Crippen LogP contribution < -0.4 is 11.1 Å². The number of hydrogen-bond acceptors (Lipinski definition) is 2. The highest BCUT2D eigenvalue weighted by atomic mass is 19.2. The van der Waals surface area contributed by atoms with Crippen molar-refractivity contribution in [3.8, 4) is 0 Å². The van der Waals surface area contributed by atoms with E-state index in [0.717, 1.165) is 37.8 Å². The van der Waals surface area contributed by atoms with E-state index in [9.17, 15) is 13.6 Å². The maximum absolute atomic E-state index is 13.2. The van der Waals surface area contributed by atoms with E-state index in [1.165, 1.54) is 0 Å². The van der Waals surface area contributed by atoms with Crippen LogP contribution in [0.4, 0.5) is 14.5 Å². The zero-order valence-corrected chi connectivity index (χ0v) is 11.8. The number of carbonyl (C=O) groups is 1. The summed E-state index contributed by atoms with van der Waals surface area (Å²) in [6.07, 6.45) is 3.96. The average Bonchev–Trinajstić information content (AvgIpc) is 2.32. The van der Waals surface area contributed by atoms with Gasteiger partial charge in [-0.1, -0.05) is 20.3 Å². The highest BCUT2D eigenvalue weighted by Gasteiger charge is 2.29. The summed E-state index contributed by atoms with van der Waals surface area (Å²) in [5.74, 6) is -2.55. The third-order valence-electron chi connectivity index (χ3n) is 3.88. The van der Waals surface area contributed by atoms with E-state index in [4.69, 9.17) is 5.73 Å². The smallest absolute Gasteiger partial charge is 0.253 e. The van der Waals surface area contributed by atoms with Crippen LogP contribution in [0.1, 0.15) is 49.9 Å². The van der Waals surface area contributed by atoms with Gasteiger partial charge in [0.05, 0.1) is 5.56 Å². The highest BCUT2D eigenvalue weighted by molar-refractivity contribution is 5.99. The molecule has 1 atom stereocenters. The Morgan fingerprint density at radius 3 is 2.65 bits per heavy atom. The van der Waals surface area contributed by atoms with Gasteiger partial charge in [-0.25, -0.2) is 8.78 Å². The Hall–Kier alpha value is -1.65. The van der Waals surface area contributed by atoms with Crippen LogP contribution in [0.5, 0.6) is 0 Å². The normalized spacial score (nSPS) is 21.5. The van der Waals surface area contributed by atoms with Crippen molar-refractivity contribution < 1.29 is 13.6 Å². The van der Waals surface area contributed by atoms with Gasteiger partial charge in [-0.2, -0.15) is 0 Å². The first kappa shape index (κ1) is 14.8. The molecular weight excluding hydrogens is 262 g/mol. The van der Waals surface area contributed by atoms with Crippen molar-refractivity contribution in [1.29, 1.82) is 0 Å². The summed E-state index contributed by atoms with van der Waals surface area (Å²) >= 11 is 0. The molecule has 2 rings (SSSR count). The van der Waals surface area contributed by atoms with Crippen LogP contribution >= 0.6 is 0 Å². The number of nitrogens with two attached hydrogens (primary N) is 1. The van der Waals surface area contributed by atoms with E-state index >= 15 is 0 Å². The first-order valence-electron chi connectivity index (χ1n) is 6.84. The number of carbonyl (C=O) groups excluding carboxylic acids is 1. The molecule has 1 aromatic rings. The van der Waals surface area contributed by atoms with Gasteiger partial charge < -0.3 is 11.1 Å². The third kappa shape index (κ3) is 3.26. The summed E-state index contributed by atoms with van der Waals surface area (Å²) < 4.78 is 26.2. The van der Waals surface area contributed by atoms with Crippen molar-refractivity contribution in [1.82, 2.24) is 5.32 Å². The molecule has 0 spiro atoms. The maximum Gasteiger partial charge on any atom is 0.253 e. The number of halogens is 2. The molecule has 0 aromatic heterocycles. The molecule has 0 radical (unpaired) electrons. The van der Waals surface area contributed by atoms with Gasteiger partial charge in [0.15, 0.2) is 11.6 Å². The second kappa shape index (κ2) is 5.38. The first-order valence-corrected chi connectivity index (χ1v) is 6.84. The number of amides is 1. The lowest BCUT2D eigenvalue weighted by atomic mass is 9.75. The molecule has 1 aliphatic rings. The molecule has 3 N–H and O–H groups in total. The van der Waals surface area contributed by atoms with Crippen LogP contribution in [-0.4, -0.2) is 11.9 Å². The minimum atomic E-state index is -1.06. The number of nitrogen functional groups attached to an aromatic ring is 1. The standard InChI is InChI=1S/C15H20F2N2O/c1-15(2)5-3-4-9(8-15)19-14(20)10-6-11(16)12(17)7-13(10)18/h6-7,9H,3-5,8,18H2,1-2H3,(H,19,20). The lowest BCUT2D eigenvalue weighted by Crippen LogP contribution is -2.40. The van der Waals surface area contributed by atoms with Gasteiger partial charge in [0, 0.05) is 17.8 Å². The summed E-state index contributed by atoms with van der Waals surface area (Å²) in [4.78, 5) is 12.1. The molecule has 1 fully saturated rings. The molecule has 0 bridgehead atoms. The van der Waals surface area contributed by atoms with Gasteiger partial charge in [0.1, 0.15) is 0 Å². The van der Waals surface area contributed by atoms with Crippen molar-refractivity contribution in [2.75, 3.05) is 5.73 Å². The first-order chi connectivity index (χ1) is 9.28. The lowest BCUT2D eigenvalue weighted by Gasteiger charge is -2.35. The van der Waals surface area contributed by atoms with Gasteiger partial charge in [-0.15, -0.1) is 0 Å². The monoisotopic (exact) mass is 282 g/mol. The fraction of sp³-hybridized carbons (Fsp3) is 0.533. The fourth-order valence-corrected chi connectivity index (χ4v) is 2.84. The lowest BCUT2D eigenvalue weighted by molar-refractivity contribution is 0.0903. The molecular formula is C15H20F2N2O. The third-order valence-corrected chi connectivity index (χ3v) is 3.88. The summed E-state index contributed by atoms with van der Waals surface area (Å²) in [5.41, 5.74) is 5.72. The van der Waals surface area contributed by atoms with E-state index in [0.29, 0.717) is 0 Å². The van der Waals surface area contributed by atoms with Crippen LogP contribution in [0, 0.1) is 17.0 Å². The number of rotatable bonds is 2. The second-order valence-electron chi connectivity index (χ2n) is 6.28. The van der Waals surface area contributed by atoms with Crippen LogP contribution in [0.25, 0.3) is 0 Å². The van der Waals surface area contributed by atoms with Crippen LogP contribution in [0.3, 0.4) is 0 Å². The van der Waals surface area contributed by atoms with Crippen LogP contribution in [0.2, 0.25) is 0 Å². The molecule has 20 heavy (non-hydrogen) atoms. The number of nitrogens with one attached hydrogen (secondary N) is 1. The average molecular weight is 282 g/mol.